The first-order valence-corrected chi connectivity index (χ1v) is 5.03. The predicted octanol–water partition coefficient (Wildman–Crippen LogP) is 2.50. The van der Waals surface area contributed by atoms with E-state index in [1.54, 1.807) is 25.6 Å². The highest BCUT2D eigenvalue weighted by Gasteiger charge is 2.13. The van der Waals surface area contributed by atoms with Crippen molar-refractivity contribution in [3.63, 3.8) is 0 Å². The molecule has 0 aliphatic rings. The summed E-state index contributed by atoms with van der Waals surface area (Å²) in [5, 5.41) is 3.05. The Labute approximate surface area is 86.1 Å². The number of nitrogen functional groups attached to an aromatic ring is 1. The van der Waals surface area contributed by atoms with Crippen molar-refractivity contribution in [2.24, 2.45) is 0 Å². The third-order valence-corrected chi connectivity index (χ3v) is 2.97. The van der Waals surface area contributed by atoms with Crippen LogP contribution in [0.2, 0.25) is 0 Å². The van der Waals surface area contributed by atoms with Crippen molar-refractivity contribution in [2.75, 3.05) is 20.0 Å². The number of nitrogens with two attached hydrogens (primary N) is 1. The standard InChI is InChI=1S/C10H11NO2S/c1-12-9-6-3-4-14-8(6)5-7(11)10(9)13-2/h3-5H,11H2,1-2H3. The zero-order chi connectivity index (χ0) is 10.1. The van der Waals surface area contributed by atoms with Gasteiger partial charge in [0.1, 0.15) is 0 Å². The van der Waals surface area contributed by atoms with E-state index in [-0.39, 0.29) is 0 Å². The summed E-state index contributed by atoms with van der Waals surface area (Å²) in [6.07, 6.45) is 0. The highest BCUT2D eigenvalue weighted by atomic mass is 32.1. The van der Waals surface area contributed by atoms with E-state index in [4.69, 9.17) is 15.2 Å². The lowest BCUT2D eigenvalue weighted by Crippen LogP contribution is -1.96. The quantitative estimate of drug-likeness (QED) is 0.773. The Bertz CT molecular complexity index is 464. The maximum Gasteiger partial charge on any atom is 0.184 e. The summed E-state index contributed by atoms with van der Waals surface area (Å²) in [5.41, 5.74) is 6.44. The number of fused-ring (bicyclic) bond motifs is 1. The molecule has 14 heavy (non-hydrogen) atoms. The highest BCUT2D eigenvalue weighted by molar-refractivity contribution is 7.17. The van der Waals surface area contributed by atoms with E-state index >= 15 is 0 Å². The normalized spacial score (nSPS) is 10.4. The first-order chi connectivity index (χ1) is 6.77. The fraction of sp³-hybridized carbons (Fsp3) is 0.200. The SMILES string of the molecule is COc1c(N)cc2sccc2c1OC. The third-order valence-electron chi connectivity index (χ3n) is 2.10. The van der Waals surface area contributed by atoms with Crippen LogP contribution in [0.3, 0.4) is 0 Å². The van der Waals surface area contributed by atoms with Gasteiger partial charge < -0.3 is 15.2 Å². The minimum absolute atomic E-state index is 0.610. The molecule has 3 nitrogen and oxygen atoms in total. The van der Waals surface area contributed by atoms with E-state index in [0.29, 0.717) is 17.2 Å². The summed E-state index contributed by atoms with van der Waals surface area (Å²) < 4.78 is 11.6. The van der Waals surface area contributed by atoms with Crippen molar-refractivity contribution in [3.05, 3.63) is 17.5 Å². The van der Waals surface area contributed by atoms with E-state index in [1.807, 2.05) is 17.5 Å². The van der Waals surface area contributed by atoms with Crippen molar-refractivity contribution >= 4 is 27.1 Å². The van der Waals surface area contributed by atoms with Gasteiger partial charge in [-0.3, -0.25) is 0 Å². The summed E-state index contributed by atoms with van der Waals surface area (Å²) >= 11 is 1.63. The molecule has 0 aliphatic heterocycles. The van der Waals surface area contributed by atoms with Crippen molar-refractivity contribution in [1.82, 2.24) is 0 Å². The van der Waals surface area contributed by atoms with Gasteiger partial charge in [0.05, 0.1) is 19.9 Å². The van der Waals surface area contributed by atoms with Gasteiger partial charge in [0.2, 0.25) is 0 Å². The van der Waals surface area contributed by atoms with Gasteiger partial charge in [-0.1, -0.05) is 0 Å². The maximum atomic E-state index is 5.83. The van der Waals surface area contributed by atoms with Crippen LogP contribution in [0.1, 0.15) is 0 Å². The number of anilines is 1. The largest absolute Gasteiger partial charge is 0.492 e. The van der Waals surface area contributed by atoms with Crippen LogP contribution in [-0.2, 0) is 0 Å². The molecule has 74 valence electrons. The second-order valence-corrected chi connectivity index (χ2v) is 3.81. The van der Waals surface area contributed by atoms with Gasteiger partial charge >= 0.3 is 0 Å². The molecule has 0 radical (unpaired) electrons. The maximum absolute atomic E-state index is 5.83. The lowest BCUT2D eigenvalue weighted by molar-refractivity contribution is 0.360. The molecule has 1 aromatic heterocycles. The Balaban J connectivity index is 2.82. The zero-order valence-corrected chi connectivity index (χ0v) is 8.85. The number of hydrogen-bond donors (Lipinski definition) is 1. The highest BCUT2D eigenvalue weighted by Crippen LogP contribution is 2.42. The van der Waals surface area contributed by atoms with Gasteiger partial charge in [-0.25, -0.2) is 0 Å². The molecule has 1 aromatic carbocycles. The van der Waals surface area contributed by atoms with Crippen LogP contribution in [0.25, 0.3) is 10.1 Å². The number of benzene rings is 1. The number of methoxy groups -OCH3 is 2. The Morgan fingerprint density at radius 2 is 1.93 bits per heavy atom. The van der Waals surface area contributed by atoms with Crippen LogP contribution < -0.4 is 15.2 Å². The van der Waals surface area contributed by atoms with Crippen molar-refractivity contribution < 1.29 is 9.47 Å². The number of hydrogen-bond acceptors (Lipinski definition) is 4. The minimum atomic E-state index is 0.610. The fourth-order valence-electron chi connectivity index (χ4n) is 1.49. The smallest absolute Gasteiger partial charge is 0.184 e. The van der Waals surface area contributed by atoms with Gasteiger partial charge in [0.25, 0.3) is 0 Å². The Hall–Kier alpha value is -1.42. The second-order valence-electron chi connectivity index (χ2n) is 2.86. The summed E-state index contributed by atoms with van der Waals surface area (Å²) in [5.74, 6) is 1.32. The zero-order valence-electron chi connectivity index (χ0n) is 8.03. The summed E-state index contributed by atoms with van der Waals surface area (Å²) in [7, 11) is 3.21. The van der Waals surface area contributed by atoms with Gasteiger partial charge in [0, 0.05) is 10.1 Å². The first kappa shape index (κ1) is 9.15. The minimum Gasteiger partial charge on any atom is -0.492 e. The average molecular weight is 209 g/mol. The van der Waals surface area contributed by atoms with Crippen molar-refractivity contribution in [3.8, 4) is 11.5 Å². The van der Waals surface area contributed by atoms with Gasteiger partial charge in [-0.05, 0) is 17.5 Å². The molecule has 1 heterocycles. The monoisotopic (exact) mass is 209 g/mol. The molecular weight excluding hydrogens is 198 g/mol. The molecular formula is C10H11NO2S. The van der Waals surface area contributed by atoms with E-state index in [2.05, 4.69) is 0 Å². The number of ether oxygens (including phenoxy) is 2. The van der Waals surface area contributed by atoms with E-state index in [9.17, 15) is 0 Å². The summed E-state index contributed by atoms with van der Waals surface area (Å²) in [6, 6.07) is 3.90. The summed E-state index contributed by atoms with van der Waals surface area (Å²) in [6.45, 7) is 0. The molecule has 0 fully saturated rings. The van der Waals surface area contributed by atoms with E-state index in [0.717, 1.165) is 10.1 Å². The average Bonchev–Trinajstić information content (AvgIpc) is 2.62. The van der Waals surface area contributed by atoms with E-state index < -0.39 is 0 Å². The molecule has 0 saturated carbocycles. The van der Waals surface area contributed by atoms with Crippen molar-refractivity contribution in [1.29, 1.82) is 0 Å². The molecule has 0 atom stereocenters. The lowest BCUT2D eigenvalue weighted by Gasteiger charge is -2.10. The van der Waals surface area contributed by atoms with Crippen LogP contribution in [0.15, 0.2) is 17.5 Å². The molecule has 0 bridgehead atoms. The molecule has 0 spiro atoms. The molecule has 0 saturated heterocycles. The van der Waals surface area contributed by atoms with Crippen LogP contribution in [0.5, 0.6) is 11.5 Å². The summed E-state index contributed by atoms with van der Waals surface area (Å²) in [4.78, 5) is 0. The Kier molecular flexibility index (Phi) is 2.21. The van der Waals surface area contributed by atoms with Gasteiger partial charge in [-0.15, -0.1) is 11.3 Å². The van der Waals surface area contributed by atoms with Crippen molar-refractivity contribution in [2.45, 2.75) is 0 Å². The lowest BCUT2D eigenvalue weighted by atomic mass is 10.2. The third kappa shape index (κ3) is 1.19. The molecule has 2 N–H and O–H groups in total. The van der Waals surface area contributed by atoms with Crippen LogP contribution >= 0.6 is 11.3 Å². The molecule has 2 rings (SSSR count). The first-order valence-electron chi connectivity index (χ1n) is 4.15. The molecule has 4 heteroatoms. The Morgan fingerprint density at radius 1 is 1.21 bits per heavy atom. The predicted molar refractivity (Wildman–Crippen MR) is 59.3 cm³/mol. The topological polar surface area (TPSA) is 44.5 Å². The fourth-order valence-corrected chi connectivity index (χ4v) is 2.33. The molecule has 0 amide bonds. The Morgan fingerprint density at radius 3 is 2.57 bits per heavy atom. The van der Waals surface area contributed by atoms with Gasteiger partial charge in [-0.2, -0.15) is 0 Å². The number of thiophene rings is 1. The van der Waals surface area contributed by atoms with E-state index in [1.165, 1.54) is 0 Å². The molecule has 2 aromatic rings. The van der Waals surface area contributed by atoms with Crippen LogP contribution in [0.4, 0.5) is 5.69 Å². The van der Waals surface area contributed by atoms with Gasteiger partial charge in [0.15, 0.2) is 11.5 Å². The molecule has 0 aliphatic carbocycles. The number of rotatable bonds is 2. The second kappa shape index (κ2) is 3.38. The van der Waals surface area contributed by atoms with Crippen LogP contribution in [-0.4, -0.2) is 14.2 Å². The van der Waals surface area contributed by atoms with Crippen LogP contribution in [0, 0.1) is 0 Å². The molecule has 0 unspecified atom stereocenters.